The molecule has 14 heavy (non-hydrogen) atoms. The molecule has 1 amide bonds. The first-order valence-corrected chi connectivity index (χ1v) is 5.62. The monoisotopic (exact) mass is 228 g/mol. The van der Waals surface area contributed by atoms with Gasteiger partial charge in [-0.05, 0) is 0 Å². The third kappa shape index (κ3) is 1.72. The van der Waals surface area contributed by atoms with Crippen LogP contribution < -0.4 is 5.32 Å². The highest BCUT2D eigenvalue weighted by molar-refractivity contribution is 7.99. The van der Waals surface area contributed by atoms with Gasteiger partial charge in [0.25, 0.3) is 0 Å². The topological polar surface area (TPSA) is 42.0 Å². The summed E-state index contributed by atoms with van der Waals surface area (Å²) in [5.74, 6) is 0.784. The molecule has 0 fully saturated rings. The number of hydrogen-bond acceptors (Lipinski definition) is 3. The summed E-state index contributed by atoms with van der Waals surface area (Å²) in [7, 11) is 0. The highest BCUT2D eigenvalue weighted by Gasteiger charge is 2.21. The average Bonchev–Trinajstić information content (AvgIpc) is 2.29. The maximum atomic E-state index is 11.5. The Morgan fingerprint density at radius 1 is 1.64 bits per heavy atom. The highest BCUT2D eigenvalue weighted by atomic mass is 35.5. The van der Waals surface area contributed by atoms with E-state index in [0.29, 0.717) is 5.02 Å². The summed E-state index contributed by atoms with van der Waals surface area (Å²) in [5, 5.41) is 3.41. The summed E-state index contributed by atoms with van der Waals surface area (Å²) in [6.07, 6.45) is 3.22. The first kappa shape index (κ1) is 9.80. The molecular formula is C9H9ClN2OS. The Hall–Kier alpha value is -0.740. The molecular weight excluding hydrogens is 220 g/mol. The Morgan fingerprint density at radius 3 is 3.21 bits per heavy atom. The molecule has 0 saturated heterocycles. The molecule has 74 valence electrons. The van der Waals surface area contributed by atoms with Gasteiger partial charge in [0.2, 0.25) is 5.91 Å². The standard InChI is InChI=1S/C9H9ClN2OS/c1-5-4-14-8-6(10)2-11-3-7(8)12-9(5)13/h2-3,5H,4H2,1H3,(H,12,13). The van der Waals surface area contributed by atoms with Gasteiger partial charge >= 0.3 is 0 Å². The zero-order valence-electron chi connectivity index (χ0n) is 7.58. The Kier molecular flexibility index (Phi) is 2.65. The Labute approximate surface area is 91.2 Å². The summed E-state index contributed by atoms with van der Waals surface area (Å²) < 4.78 is 0. The molecule has 1 N–H and O–H groups in total. The van der Waals surface area contributed by atoms with Crippen molar-refractivity contribution in [3.8, 4) is 0 Å². The predicted octanol–water partition coefficient (Wildman–Crippen LogP) is 2.42. The minimum atomic E-state index is 0.00321. The number of nitrogens with zero attached hydrogens (tertiary/aromatic N) is 1. The maximum absolute atomic E-state index is 11.5. The highest BCUT2D eigenvalue weighted by Crippen LogP contribution is 2.36. The van der Waals surface area contributed by atoms with Gasteiger partial charge in [-0.2, -0.15) is 0 Å². The quantitative estimate of drug-likeness (QED) is 0.742. The van der Waals surface area contributed by atoms with Crippen LogP contribution in [0.3, 0.4) is 0 Å². The fourth-order valence-electron chi connectivity index (χ4n) is 1.20. The number of aromatic nitrogens is 1. The number of halogens is 1. The smallest absolute Gasteiger partial charge is 0.228 e. The number of carbonyl (C=O) groups excluding carboxylic acids is 1. The molecule has 0 aliphatic carbocycles. The van der Waals surface area contributed by atoms with E-state index in [2.05, 4.69) is 10.3 Å². The van der Waals surface area contributed by atoms with Crippen LogP contribution in [0.15, 0.2) is 17.3 Å². The van der Waals surface area contributed by atoms with Gasteiger partial charge in [0, 0.05) is 17.9 Å². The van der Waals surface area contributed by atoms with E-state index in [1.807, 2.05) is 6.92 Å². The van der Waals surface area contributed by atoms with Gasteiger partial charge in [-0.15, -0.1) is 11.8 Å². The molecule has 2 heterocycles. The van der Waals surface area contributed by atoms with Gasteiger partial charge in [-0.1, -0.05) is 18.5 Å². The third-order valence-corrected chi connectivity index (χ3v) is 3.83. The van der Waals surface area contributed by atoms with Crippen molar-refractivity contribution in [3.05, 3.63) is 17.4 Å². The van der Waals surface area contributed by atoms with Crippen LogP contribution in [-0.2, 0) is 4.79 Å². The number of fused-ring (bicyclic) bond motifs is 1. The molecule has 1 aromatic heterocycles. The number of carbonyl (C=O) groups is 1. The van der Waals surface area contributed by atoms with E-state index in [1.54, 1.807) is 24.2 Å². The lowest BCUT2D eigenvalue weighted by atomic mass is 10.2. The predicted molar refractivity (Wildman–Crippen MR) is 57.8 cm³/mol. The fraction of sp³-hybridized carbons (Fsp3) is 0.333. The molecule has 1 aromatic rings. The first-order chi connectivity index (χ1) is 6.68. The molecule has 1 aliphatic rings. The molecule has 0 aromatic carbocycles. The SMILES string of the molecule is CC1CSc2c(Cl)cncc2NC1=O. The lowest BCUT2D eigenvalue weighted by Crippen LogP contribution is -2.20. The van der Waals surface area contributed by atoms with E-state index < -0.39 is 0 Å². The van der Waals surface area contributed by atoms with Crippen molar-refractivity contribution in [2.24, 2.45) is 5.92 Å². The lowest BCUT2D eigenvalue weighted by molar-refractivity contribution is -0.118. The number of hydrogen-bond donors (Lipinski definition) is 1. The summed E-state index contributed by atoms with van der Waals surface area (Å²) in [6, 6.07) is 0. The van der Waals surface area contributed by atoms with Crippen LogP contribution >= 0.6 is 23.4 Å². The molecule has 1 unspecified atom stereocenters. The van der Waals surface area contributed by atoms with E-state index in [0.717, 1.165) is 16.3 Å². The average molecular weight is 229 g/mol. The lowest BCUT2D eigenvalue weighted by Gasteiger charge is -2.06. The summed E-state index contributed by atoms with van der Waals surface area (Å²) >= 11 is 7.57. The minimum absolute atomic E-state index is 0.00321. The van der Waals surface area contributed by atoms with Crippen LogP contribution in [0.4, 0.5) is 5.69 Å². The first-order valence-electron chi connectivity index (χ1n) is 4.25. The van der Waals surface area contributed by atoms with E-state index in [-0.39, 0.29) is 11.8 Å². The second kappa shape index (κ2) is 3.79. The largest absolute Gasteiger partial charge is 0.324 e. The fourth-order valence-corrected chi connectivity index (χ4v) is 2.54. The van der Waals surface area contributed by atoms with Gasteiger partial charge in [-0.3, -0.25) is 9.78 Å². The molecule has 1 aliphatic heterocycles. The van der Waals surface area contributed by atoms with Gasteiger partial charge < -0.3 is 5.32 Å². The second-order valence-electron chi connectivity index (χ2n) is 3.20. The van der Waals surface area contributed by atoms with Gasteiger partial charge in [0.05, 0.1) is 21.8 Å². The number of nitrogens with one attached hydrogen (secondary N) is 1. The van der Waals surface area contributed by atoms with Crippen LogP contribution in [0, 0.1) is 5.92 Å². The molecule has 2 rings (SSSR count). The third-order valence-electron chi connectivity index (χ3n) is 2.04. The summed E-state index contributed by atoms with van der Waals surface area (Å²) in [4.78, 5) is 16.3. The van der Waals surface area contributed by atoms with Crippen molar-refractivity contribution in [2.45, 2.75) is 11.8 Å². The van der Waals surface area contributed by atoms with Crippen LogP contribution in [-0.4, -0.2) is 16.6 Å². The molecule has 0 saturated carbocycles. The van der Waals surface area contributed by atoms with Crippen LogP contribution in [0.1, 0.15) is 6.92 Å². The van der Waals surface area contributed by atoms with Crippen molar-refractivity contribution in [1.82, 2.24) is 4.98 Å². The van der Waals surface area contributed by atoms with Crippen LogP contribution in [0.2, 0.25) is 5.02 Å². The van der Waals surface area contributed by atoms with Crippen LogP contribution in [0.5, 0.6) is 0 Å². The van der Waals surface area contributed by atoms with Crippen molar-refractivity contribution in [2.75, 3.05) is 11.1 Å². The number of rotatable bonds is 0. The molecule has 3 nitrogen and oxygen atoms in total. The number of anilines is 1. The van der Waals surface area contributed by atoms with Crippen molar-refractivity contribution in [3.63, 3.8) is 0 Å². The van der Waals surface area contributed by atoms with Gasteiger partial charge in [0.1, 0.15) is 0 Å². The van der Waals surface area contributed by atoms with Crippen molar-refractivity contribution >= 4 is 35.0 Å². The van der Waals surface area contributed by atoms with Crippen LogP contribution in [0.25, 0.3) is 0 Å². The van der Waals surface area contributed by atoms with E-state index in [1.165, 1.54) is 0 Å². The summed E-state index contributed by atoms with van der Waals surface area (Å²) in [5.41, 5.74) is 0.719. The van der Waals surface area contributed by atoms with E-state index in [4.69, 9.17) is 11.6 Å². The zero-order valence-corrected chi connectivity index (χ0v) is 9.15. The van der Waals surface area contributed by atoms with Gasteiger partial charge in [-0.25, -0.2) is 0 Å². The Balaban J connectivity index is 2.42. The van der Waals surface area contributed by atoms with E-state index >= 15 is 0 Å². The summed E-state index contributed by atoms with van der Waals surface area (Å²) in [6.45, 7) is 1.90. The number of amides is 1. The molecule has 5 heteroatoms. The van der Waals surface area contributed by atoms with E-state index in [9.17, 15) is 4.79 Å². The number of thioether (sulfide) groups is 1. The van der Waals surface area contributed by atoms with Gasteiger partial charge in [0.15, 0.2) is 0 Å². The minimum Gasteiger partial charge on any atom is -0.324 e. The van der Waals surface area contributed by atoms with Crippen molar-refractivity contribution in [1.29, 1.82) is 0 Å². The maximum Gasteiger partial charge on any atom is 0.228 e. The Bertz CT molecular complexity index is 383. The molecule has 1 atom stereocenters. The molecule has 0 bridgehead atoms. The molecule has 0 radical (unpaired) electrons. The normalized spacial score (nSPS) is 21.0. The zero-order chi connectivity index (χ0) is 10.1. The molecule has 0 spiro atoms. The second-order valence-corrected chi connectivity index (χ2v) is 4.64. The number of pyridine rings is 1. The Morgan fingerprint density at radius 2 is 2.43 bits per heavy atom. The van der Waals surface area contributed by atoms with Crippen molar-refractivity contribution < 1.29 is 4.79 Å².